The average Bonchev–Trinajstić information content (AvgIpc) is 2.68. The number of hydrogen-bond acceptors (Lipinski definition) is 2. The lowest BCUT2D eigenvalue weighted by molar-refractivity contribution is 0.102. The molecule has 0 aliphatic carbocycles. The number of benzene rings is 1. The van der Waals surface area contributed by atoms with Crippen molar-refractivity contribution in [2.75, 3.05) is 5.32 Å². The summed E-state index contributed by atoms with van der Waals surface area (Å²) in [5.41, 5.74) is 3.59. The largest absolute Gasteiger partial charge is 0.472 e. The molecule has 0 unspecified atom stereocenters. The highest BCUT2D eigenvalue weighted by atomic mass is 16.3. The molecule has 0 saturated heterocycles. The van der Waals surface area contributed by atoms with Crippen molar-refractivity contribution in [3.05, 3.63) is 53.5 Å². The highest BCUT2D eigenvalue weighted by molar-refractivity contribution is 6.04. The van der Waals surface area contributed by atoms with E-state index in [4.69, 9.17) is 4.42 Å². The highest BCUT2D eigenvalue weighted by Crippen LogP contribution is 2.15. The van der Waals surface area contributed by atoms with Crippen LogP contribution in [0.4, 0.5) is 5.69 Å². The van der Waals surface area contributed by atoms with Gasteiger partial charge >= 0.3 is 0 Å². The lowest BCUT2D eigenvalue weighted by Crippen LogP contribution is -2.10. The second kappa shape index (κ2) is 4.23. The lowest BCUT2D eigenvalue weighted by Gasteiger charge is -2.06. The zero-order chi connectivity index (χ0) is 11.5. The molecule has 16 heavy (non-hydrogen) atoms. The van der Waals surface area contributed by atoms with Gasteiger partial charge in [-0.2, -0.15) is 0 Å². The number of hydrogen-bond donors (Lipinski definition) is 1. The van der Waals surface area contributed by atoms with Crippen LogP contribution < -0.4 is 5.32 Å². The molecule has 3 nitrogen and oxygen atoms in total. The molecule has 0 atom stereocenters. The predicted octanol–water partition coefficient (Wildman–Crippen LogP) is 3.15. The Morgan fingerprint density at radius 2 is 1.88 bits per heavy atom. The van der Waals surface area contributed by atoms with Crippen LogP contribution >= 0.6 is 0 Å². The maximum Gasteiger partial charge on any atom is 0.258 e. The van der Waals surface area contributed by atoms with E-state index in [1.54, 1.807) is 6.07 Å². The van der Waals surface area contributed by atoms with Crippen molar-refractivity contribution in [1.29, 1.82) is 0 Å². The summed E-state index contributed by atoms with van der Waals surface area (Å²) in [5.74, 6) is -0.154. The molecule has 0 saturated carbocycles. The van der Waals surface area contributed by atoms with E-state index >= 15 is 0 Å². The molecule has 0 radical (unpaired) electrons. The molecule has 0 aliphatic heterocycles. The van der Waals surface area contributed by atoms with Gasteiger partial charge in [0.2, 0.25) is 0 Å². The van der Waals surface area contributed by atoms with Crippen molar-refractivity contribution < 1.29 is 9.21 Å². The monoisotopic (exact) mass is 215 g/mol. The van der Waals surface area contributed by atoms with Crippen molar-refractivity contribution in [1.82, 2.24) is 0 Å². The maximum absolute atomic E-state index is 11.7. The minimum atomic E-state index is -0.154. The summed E-state index contributed by atoms with van der Waals surface area (Å²) in [6.07, 6.45) is 2.91. The minimum absolute atomic E-state index is 0.154. The van der Waals surface area contributed by atoms with E-state index in [1.165, 1.54) is 12.5 Å². The van der Waals surface area contributed by atoms with Crippen LogP contribution in [-0.2, 0) is 0 Å². The van der Waals surface area contributed by atoms with E-state index in [2.05, 4.69) is 11.4 Å². The van der Waals surface area contributed by atoms with Gasteiger partial charge in [-0.1, -0.05) is 6.07 Å². The number of nitrogens with one attached hydrogen (secondary N) is 1. The number of carbonyl (C=O) groups is 1. The van der Waals surface area contributed by atoms with Gasteiger partial charge in [-0.25, -0.2) is 0 Å². The predicted molar refractivity (Wildman–Crippen MR) is 62.6 cm³/mol. The Morgan fingerprint density at radius 1 is 1.19 bits per heavy atom. The van der Waals surface area contributed by atoms with Crippen LogP contribution in [0.5, 0.6) is 0 Å². The third kappa shape index (κ3) is 2.31. The van der Waals surface area contributed by atoms with E-state index in [0.29, 0.717) is 5.56 Å². The van der Waals surface area contributed by atoms with Crippen LogP contribution in [0, 0.1) is 13.8 Å². The summed E-state index contributed by atoms with van der Waals surface area (Å²) >= 11 is 0. The van der Waals surface area contributed by atoms with Crippen LogP contribution in [0.25, 0.3) is 0 Å². The van der Waals surface area contributed by atoms with Gasteiger partial charge < -0.3 is 9.73 Å². The normalized spacial score (nSPS) is 10.1. The number of amides is 1. The SMILES string of the molecule is Cc1cc(C)cc(NC(=O)c2ccoc2)c1. The molecule has 2 aromatic rings. The fraction of sp³-hybridized carbons (Fsp3) is 0.154. The molecular weight excluding hydrogens is 202 g/mol. The molecule has 1 aromatic carbocycles. The molecule has 1 N–H and O–H groups in total. The van der Waals surface area contributed by atoms with Gasteiger partial charge in [0.15, 0.2) is 0 Å². The molecule has 1 aromatic heterocycles. The Bertz CT molecular complexity index is 480. The molecule has 0 fully saturated rings. The van der Waals surface area contributed by atoms with Crippen molar-refractivity contribution in [2.24, 2.45) is 0 Å². The number of rotatable bonds is 2. The second-order valence-corrected chi connectivity index (χ2v) is 3.84. The zero-order valence-electron chi connectivity index (χ0n) is 9.28. The van der Waals surface area contributed by atoms with Gasteiger partial charge in [-0.15, -0.1) is 0 Å². The standard InChI is InChI=1S/C13H13NO2/c1-9-5-10(2)7-12(6-9)14-13(15)11-3-4-16-8-11/h3-8H,1-2H3,(H,14,15). The molecule has 0 bridgehead atoms. The zero-order valence-corrected chi connectivity index (χ0v) is 9.28. The molecule has 1 amide bonds. The third-order valence-corrected chi connectivity index (χ3v) is 2.26. The van der Waals surface area contributed by atoms with Crippen LogP contribution in [0.2, 0.25) is 0 Å². The minimum Gasteiger partial charge on any atom is -0.472 e. The Hall–Kier alpha value is -2.03. The quantitative estimate of drug-likeness (QED) is 0.836. The Balaban J connectivity index is 2.18. The van der Waals surface area contributed by atoms with E-state index in [-0.39, 0.29) is 5.91 Å². The van der Waals surface area contributed by atoms with Gasteiger partial charge in [0.1, 0.15) is 6.26 Å². The van der Waals surface area contributed by atoms with Crippen molar-refractivity contribution >= 4 is 11.6 Å². The van der Waals surface area contributed by atoms with Crippen molar-refractivity contribution in [2.45, 2.75) is 13.8 Å². The van der Waals surface area contributed by atoms with Crippen LogP contribution in [0.1, 0.15) is 21.5 Å². The van der Waals surface area contributed by atoms with Gasteiger partial charge in [0, 0.05) is 5.69 Å². The summed E-state index contributed by atoms with van der Waals surface area (Å²) in [7, 11) is 0. The third-order valence-electron chi connectivity index (χ3n) is 2.26. The first-order valence-corrected chi connectivity index (χ1v) is 5.07. The van der Waals surface area contributed by atoms with Gasteiger partial charge in [-0.05, 0) is 43.2 Å². The number of carbonyl (C=O) groups excluding carboxylic acids is 1. The first-order chi connectivity index (χ1) is 7.65. The molecule has 1 heterocycles. The molecule has 82 valence electrons. The van der Waals surface area contributed by atoms with Crippen LogP contribution in [0.3, 0.4) is 0 Å². The van der Waals surface area contributed by atoms with E-state index in [1.807, 2.05) is 26.0 Å². The number of anilines is 1. The number of furan rings is 1. The Morgan fingerprint density at radius 3 is 2.44 bits per heavy atom. The fourth-order valence-corrected chi connectivity index (χ4v) is 1.64. The summed E-state index contributed by atoms with van der Waals surface area (Å²) in [6.45, 7) is 4.00. The first-order valence-electron chi connectivity index (χ1n) is 5.07. The second-order valence-electron chi connectivity index (χ2n) is 3.84. The Kier molecular flexibility index (Phi) is 2.77. The molecular formula is C13H13NO2. The molecule has 2 rings (SSSR count). The number of aryl methyl sites for hydroxylation is 2. The smallest absolute Gasteiger partial charge is 0.258 e. The van der Waals surface area contributed by atoms with Gasteiger partial charge in [0.05, 0.1) is 11.8 Å². The van der Waals surface area contributed by atoms with Crippen LogP contribution in [0.15, 0.2) is 41.2 Å². The average molecular weight is 215 g/mol. The molecule has 0 aliphatic rings. The maximum atomic E-state index is 11.7. The van der Waals surface area contributed by atoms with E-state index in [9.17, 15) is 4.79 Å². The van der Waals surface area contributed by atoms with Gasteiger partial charge in [-0.3, -0.25) is 4.79 Å². The topological polar surface area (TPSA) is 42.2 Å². The molecule has 3 heteroatoms. The highest BCUT2D eigenvalue weighted by Gasteiger charge is 2.07. The van der Waals surface area contributed by atoms with Crippen molar-refractivity contribution in [3.8, 4) is 0 Å². The van der Waals surface area contributed by atoms with E-state index < -0.39 is 0 Å². The molecule has 0 spiro atoms. The summed E-state index contributed by atoms with van der Waals surface area (Å²) in [4.78, 5) is 11.7. The van der Waals surface area contributed by atoms with Crippen LogP contribution in [-0.4, -0.2) is 5.91 Å². The van der Waals surface area contributed by atoms with Crippen molar-refractivity contribution in [3.63, 3.8) is 0 Å². The fourth-order valence-electron chi connectivity index (χ4n) is 1.64. The summed E-state index contributed by atoms with van der Waals surface area (Å²) < 4.78 is 4.86. The van der Waals surface area contributed by atoms with E-state index in [0.717, 1.165) is 16.8 Å². The first kappa shape index (κ1) is 10.5. The Labute approximate surface area is 94.1 Å². The van der Waals surface area contributed by atoms with Gasteiger partial charge in [0.25, 0.3) is 5.91 Å². The summed E-state index contributed by atoms with van der Waals surface area (Å²) in [5, 5.41) is 2.83. The summed E-state index contributed by atoms with van der Waals surface area (Å²) in [6, 6.07) is 7.57. The lowest BCUT2D eigenvalue weighted by atomic mass is 10.1.